The Hall–Kier alpha value is -1.28. The first-order chi connectivity index (χ1) is 10.1. The van der Waals surface area contributed by atoms with Crippen molar-refractivity contribution in [1.82, 2.24) is 0 Å². The SMILES string of the molecule is CC=Cc1ccc([Si](Cl)(Cl)c2ccc(C=CC)cc2)cc1. The van der Waals surface area contributed by atoms with Crippen LogP contribution in [-0.2, 0) is 0 Å². The van der Waals surface area contributed by atoms with Gasteiger partial charge in [0.2, 0.25) is 0 Å². The molecule has 0 spiro atoms. The zero-order valence-electron chi connectivity index (χ0n) is 12.2. The molecule has 0 amide bonds. The summed E-state index contributed by atoms with van der Waals surface area (Å²) in [6.07, 6.45) is 8.14. The van der Waals surface area contributed by atoms with Crippen molar-refractivity contribution in [3.63, 3.8) is 0 Å². The van der Waals surface area contributed by atoms with E-state index in [2.05, 4.69) is 36.4 Å². The Labute approximate surface area is 137 Å². The fourth-order valence-corrected chi connectivity index (χ4v) is 5.17. The Bertz CT molecular complexity index is 580. The molecule has 2 aromatic rings. The highest BCUT2D eigenvalue weighted by molar-refractivity contribution is 7.56. The molecule has 21 heavy (non-hydrogen) atoms. The number of hydrogen-bond donors (Lipinski definition) is 0. The Morgan fingerprint density at radius 1 is 0.667 bits per heavy atom. The average Bonchev–Trinajstić information content (AvgIpc) is 2.49. The predicted octanol–water partition coefficient (Wildman–Crippen LogP) is 4.79. The van der Waals surface area contributed by atoms with Crippen LogP contribution < -0.4 is 10.4 Å². The first-order valence-corrected chi connectivity index (χ1v) is 10.9. The van der Waals surface area contributed by atoms with Crippen LogP contribution in [0.2, 0.25) is 0 Å². The van der Waals surface area contributed by atoms with Gasteiger partial charge in [0, 0.05) is 0 Å². The maximum absolute atomic E-state index is 6.71. The highest BCUT2D eigenvalue weighted by Gasteiger charge is 2.33. The third-order valence-electron chi connectivity index (χ3n) is 3.26. The monoisotopic (exact) mass is 332 g/mol. The standard InChI is InChI=1S/C18H18Cl2Si/c1-3-5-15-7-11-17(12-8-15)21(19,20)18-13-9-16(6-4-2)10-14-18/h3-14H,1-2H3. The molecule has 108 valence electrons. The summed E-state index contributed by atoms with van der Waals surface area (Å²) in [6.45, 7) is 1.35. The van der Waals surface area contributed by atoms with E-state index >= 15 is 0 Å². The number of rotatable bonds is 4. The van der Waals surface area contributed by atoms with E-state index in [-0.39, 0.29) is 0 Å². The minimum Gasteiger partial charge on any atom is -0.134 e. The molecule has 0 heterocycles. The van der Waals surface area contributed by atoms with E-state index in [9.17, 15) is 0 Å². The second-order valence-corrected chi connectivity index (χ2v) is 11.1. The van der Waals surface area contributed by atoms with Crippen molar-refractivity contribution >= 4 is 51.4 Å². The van der Waals surface area contributed by atoms with Gasteiger partial charge in [-0.05, 0) is 35.3 Å². The summed E-state index contributed by atoms with van der Waals surface area (Å²) >= 11 is 13.4. The van der Waals surface area contributed by atoms with Gasteiger partial charge in [-0.15, -0.1) is 22.2 Å². The topological polar surface area (TPSA) is 0 Å². The lowest BCUT2D eigenvalue weighted by molar-refractivity contribution is 1.66. The zero-order chi connectivity index (χ0) is 15.3. The van der Waals surface area contributed by atoms with Crippen LogP contribution in [0, 0.1) is 0 Å². The van der Waals surface area contributed by atoms with Crippen molar-refractivity contribution in [2.75, 3.05) is 0 Å². The fourth-order valence-electron chi connectivity index (χ4n) is 2.16. The van der Waals surface area contributed by atoms with E-state index < -0.39 is 6.69 Å². The fraction of sp³-hybridized carbons (Fsp3) is 0.111. The Kier molecular flexibility index (Phi) is 5.46. The molecule has 0 bridgehead atoms. The van der Waals surface area contributed by atoms with Crippen LogP contribution in [0.5, 0.6) is 0 Å². The normalized spacial score (nSPS) is 12.4. The first kappa shape index (κ1) is 16.1. The molecule has 0 radical (unpaired) electrons. The molecule has 0 aliphatic carbocycles. The molecule has 0 aromatic heterocycles. The highest BCUT2D eigenvalue weighted by Crippen LogP contribution is 2.17. The van der Waals surface area contributed by atoms with Gasteiger partial charge in [-0.1, -0.05) is 72.8 Å². The smallest absolute Gasteiger partial charge is 0.134 e. The van der Waals surface area contributed by atoms with E-state index in [0.717, 1.165) is 21.5 Å². The minimum atomic E-state index is -2.65. The molecule has 0 nitrogen and oxygen atoms in total. The molecule has 2 aromatic carbocycles. The number of benzene rings is 2. The molecule has 0 saturated carbocycles. The lowest BCUT2D eigenvalue weighted by Crippen LogP contribution is -2.48. The first-order valence-electron chi connectivity index (χ1n) is 6.92. The Morgan fingerprint density at radius 2 is 1.00 bits per heavy atom. The van der Waals surface area contributed by atoms with Crippen LogP contribution in [0.3, 0.4) is 0 Å². The molecule has 0 atom stereocenters. The maximum atomic E-state index is 6.71. The van der Waals surface area contributed by atoms with Gasteiger partial charge in [-0.3, -0.25) is 0 Å². The van der Waals surface area contributed by atoms with E-state index in [1.807, 2.05) is 50.3 Å². The summed E-state index contributed by atoms with van der Waals surface area (Å²) in [6, 6.07) is 16.3. The molecule has 2 rings (SSSR count). The maximum Gasteiger partial charge on any atom is 0.310 e. The van der Waals surface area contributed by atoms with E-state index in [1.54, 1.807) is 0 Å². The summed E-state index contributed by atoms with van der Waals surface area (Å²) in [5.41, 5.74) is 2.31. The van der Waals surface area contributed by atoms with Crippen LogP contribution in [0.4, 0.5) is 0 Å². The van der Waals surface area contributed by atoms with E-state index in [1.165, 1.54) is 0 Å². The Balaban J connectivity index is 2.31. The minimum absolute atomic E-state index is 1.01. The van der Waals surface area contributed by atoms with Gasteiger partial charge in [-0.25, -0.2) is 0 Å². The van der Waals surface area contributed by atoms with E-state index in [0.29, 0.717) is 0 Å². The highest BCUT2D eigenvalue weighted by atomic mass is 35.7. The summed E-state index contributed by atoms with van der Waals surface area (Å²) < 4.78 is 0. The zero-order valence-corrected chi connectivity index (χ0v) is 14.7. The molecular weight excluding hydrogens is 315 g/mol. The van der Waals surface area contributed by atoms with Gasteiger partial charge in [0.1, 0.15) is 0 Å². The lowest BCUT2D eigenvalue weighted by Gasteiger charge is -2.18. The number of halogens is 2. The van der Waals surface area contributed by atoms with Crippen molar-refractivity contribution < 1.29 is 0 Å². The lowest BCUT2D eigenvalue weighted by atomic mass is 10.2. The molecule has 0 unspecified atom stereocenters. The third-order valence-corrected chi connectivity index (χ3v) is 8.00. The van der Waals surface area contributed by atoms with Crippen LogP contribution >= 0.6 is 22.2 Å². The van der Waals surface area contributed by atoms with Gasteiger partial charge in [0.15, 0.2) is 0 Å². The quantitative estimate of drug-likeness (QED) is 0.558. The molecule has 3 heteroatoms. The van der Waals surface area contributed by atoms with Gasteiger partial charge in [0.25, 0.3) is 0 Å². The van der Waals surface area contributed by atoms with Gasteiger partial charge in [0.05, 0.1) is 0 Å². The van der Waals surface area contributed by atoms with Gasteiger partial charge < -0.3 is 0 Å². The largest absolute Gasteiger partial charge is 0.310 e. The van der Waals surface area contributed by atoms with Crippen molar-refractivity contribution in [3.05, 3.63) is 71.8 Å². The summed E-state index contributed by atoms with van der Waals surface area (Å²) in [5.74, 6) is 0. The molecule has 0 saturated heterocycles. The van der Waals surface area contributed by atoms with Gasteiger partial charge in [-0.2, -0.15) is 0 Å². The summed E-state index contributed by atoms with van der Waals surface area (Å²) in [7, 11) is 0. The third kappa shape index (κ3) is 3.88. The molecule has 0 aliphatic heterocycles. The van der Waals surface area contributed by atoms with E-state index in [4.69, 9.17) is 22.2 Å². The second-order valence-electron chi connectivity index (χ2n) is 4.82. The molecule has 0 fully saturated rings. The molecule has 0 aliphatic rings. The van der Waals surface area contributed by atoms with Crippen LogP contribution in [0.1, 0.15) is 25.0 Å². The number of hydrogen-bond acceptors (Lipinski definition) is 0. The van der Waals surface area contributed by atoms with Crippen LogP contribution in [0.25, 0.3) is 12.2 Å². The van der Waals surface area contributed by atoms with Crippen molar-refractivity contribution in [1.29, 1.82) is 0 Å². The van der Waals surface area contributed by atoms with Crippen molar-refractivity contribution in [2.45, 2.75) is 13.8 Å². The summed E-state index contributed by atoms with van der Waals surface area (Å²) in [5, 5.41) is 2.02. The summed E-state index contributed by atoms with van der Waals surface area (Å²) in [4.78, 5) is 0. The average molecular weight is 333 g/mol. The van der Waals surface area contributed by atoms with Crippen LogP contribution in [0.15, 0.2) is 60.7 Å². The second kappa shape index (κ2) is 7.12. The number of allylic oxidation sites excluding steroid dienone is 2. The molecular formula is C18H18Cl2Si. The van der Waals surface area contributed by atoms with Crippen molar-refractivity contribution in [2.24, 2.45) is 0 Å². The van der Waals surface area contributed by atoms with Crippen LogP contribution in [-0.4, -0.2) is 6.69 Å². The van der Waals surface area contributed by atoms with Crippen molar-refractivity contribution in [3.8, 4) is 0 Å². The Morgan fingerprint density at radius 3 is 1.29 bits per heavy atom. The van der Waals surface area contributed by atoms with Gasteiger partial charge >= 0.3 is 6.69 Å². The molecule has 0 N–H and O–H groups in total. The predicted molar refractivity (Wildman–Crippen MR) is 99.0 cm³/mol.